The molecule has 0 aliphatic carbocycles. The topological polar surface area (TPSA) is 50.4 Å². The van der Waals surface area contributed by atoms with Gasteiger partial charge in [0.2, 0.25) is 0 Å². The van der Waals surface area contributed by atoms with Crippen LogP contribution in [-0.4, -0.2) is 24.2 Å². The highest BCUT2D eigenvalue weighted by molar-refractivity contribution is 7.80. The molecular weight excluding hydrogens is 364 g/mol. The third-order valence-corrected chi connectivity index (χ3v) is 5.65. The van der Waals surface area contributed by atoms with Crippen molar-refractivity contribution in [2.45, 2.75) is 40.7 Å². The number of ether oxygens (including phenoxy) is 1. The molecule has 1 atom stereocenters. The molecule has 2 rings (SSSR count). The summed E-state index contributed by atoms with van der Waals surface area (Å²) in [5.41, 5.74) is 2.46. The summed E-state index contributed by atoms with van der Waals surface area (Å²) < 4.78 is 5.03. The lowest BCUT2D eigenvalue weighted by molar-refractivity contribution is 0.0603. The van der Waals surface area contributed by atoms with E-state index < -0.39 is 0 Å². The highest BCUT2D eigenvalue weighted by atomic mass is 32.1. The zero-order chi connectivity index (χ0) is 19.5. The van der Waals surface area contributed by atoms with Gasteiger partial charge in [0.1, 0.15) is 10.6 Å². The molecule has 140 valence electrons. The number of nitrogens with one attached hydrogen (secondary N) is 2. The van der Waals surface area contributed by atoms with Crippen molar-refractivity contribution in [2.24, 2.45) is 5.41 Å². The summed E-state index contributed by atoms with van der Waals surface area (Å²) in [5, 5.41) is 7.69. The molecular formula is C20H26N2O2S2. The molecule has 4 nitrogen and oxygen atoms in total. The lowest BCUT2D eigenvalue weighted by Crippen LogP contribution is -2.43. The van der Waals surface area contributed by atoms with Gasteiger partial charge in [-0.05, 0) is 37.0 Å². The average Bonchev–Trinajstić information content (AvgIpc) is 2.89. The summed E-state index contributed by atoms with van der Waals surface area (Å²) in [6, 6.07) is 10.0. The van der Waals surface area contributed by atoms with Crippen LogP contribution in [0.5, 0.6) is 0 Å². The van der Waals surface area contributed by atoms with Crippen LogP contribution >= 0.6 is 23.6 Å². The van der Waals surface area contributed by atoms with E-state index in [-0.39, 0.29) is 17.4 Å². The summed E-state index contributed by atoms with van der Waals surface area (Å²) in [7, 11) is 1.39. The van der Waals surface area contributed by atoms with Gasteiger partial charge in [0.25, 0.3) is 0 Å². The van der Waals surface area contributed by atoms with E-state index in [9.17, 15) is 4.79 Å². The van der Waals surface area contributed by atoms with Crippen LogP contribution in [0, 0.1) is 12.3 Å². The molecule has 1 heterocycles. The van der Waals surface area contributed by atoms with Crippen LogP contribution in [0.3, 0.4) is 0 Å². The number of carbonyl (C=O) groups excluding carboxylic acids is 1. The standard InChI is InChI=1S/C20H26N2O2S2/c1-12-15(14-10-8-7-9-11-14)16(18(23)24-6)17(26-12)22-19(25)21-13(2)20(3,4)5/h7-11,13H,1-6H3,(H2,21,22,25). The highest BCUT2D eigenvalue weighted by Gasteiger charge is 2.25. The third kappa shape index (κ3) is 4.62. The molecule has 0 amide bonds. The summed E-state index contributed by atoms with van der Waals surface area (Å²) in [4.78, 5) is 13.5. The zero-order valence-corrected chi connectivity index (χ0v) is 17.7. The van der Waals surface area contributed by atoms with Crippen molar-refractivity contribution in [1.29, 1.82) is 0 Å². The second-order valence-electron chi connectivity index (χ2n) is 7.28. The number of hydrogen-bond acceptors (Lipinski definition) is 4. The van der Waals surface area contributed by atoms with E-state index in [1.165, 1.54) is 18.4 Å². The van der Waals surface area contributed by atoms with Gasteiger partial charge in [-0.2, -0.15) is 0 Å². The smallest absolute Gasteiger partial charge is 0.341 e. The number of rotatable bonds is 4. The molecule has 2 N–H and O–H groups in total. The molecule has 6 heteroatoms. The number of methoxy groups -OCH3 is 1. The van der Waals surface area contributed by atoms with Crippen molar-refractivity contribution >= 4 is 39.6 Å². The number of carbonyl (C=O) groups is 1. The van der Waals surface area contributed by atoms with E-state index >= 15 is 0 Å². The minimum atomic E-state index is -0.373. The van der Waals surface area contributed by atoms with E-state index in [4.69, 9.17) is 17.0 Å². The van der Waals surface area contributed by atoms with Gasteiger partial charge >= 0.3 is 5.97 Å². The molecule has 0 fully saturated rings. The summed E-state index contributed by atoms with van der Waals surface area (Å²) in [6.45, 7) is 10.5. The first-order valence-electron chi connectivity index (χ1n) is 8.49. The Kier molecular flexibility index (Phi) is 6.42. The Morgan fingerprint density at radius 2 is 1.85 bits per heavy atom. The number of benzene rings is 1. The van der Waals surface area contributed by atoms with Gasteiger partial charge in [0, 0.05) is 16.5 Å². The SMILES string of the molecule is COC(=O)c1c(NC(=S)NC(C)C(C)(C)C)sc(C)c1-c1ccccc1. The fourth-order valence-electron chi connectivity index (χ4n) is 2.43. The number of esters is 1. The second kappa shape index (κ2) is 8.18. The first-order chi connectivity index (χ1) is 12.1. The van der Waals surface area contributed by atoms with Crippen molar-refractivity contribution in [2.75, 3.05) is 12.4 Å². The first-order valence-corrected chi connectivity index (χ1v) is 9.72. The summed E-state index contributed by atoms with van der Waals surface area (Å²) in [6.07, 6.45) is 0. The van der Waals surface area contributed by atoms with Gasteiger partial charge < -0.3 is 15.4 Å². The number of thiocarbonyl (C=S) groups is 1. The maximum Gasteiger partial charge on any atom is 0.341 e. The highest BCUT2D eigenvalue weighted by Crippen LogP contribution is 2.40. The molecule has 0 saturated carbocycles. The molecule has 0 radical (unpaired) electrons. The summed E-state index contributed by atoms with van der Waals surface area (Å²) >= 11 is 6.97. The van der Waals surface area contributed by atoms with Crippen LogP contribution in [0.1, 0.15) is 42.9 Å². The first kappa shape index (κ1) is 20.4. The molecule has 1 unspecified atom stereocenters. The Labute approximate surface area is 165 Å². The van der Waals surface area contributed by atoms with Gasteiger partial charge in [-0.25, -0.2) is 4.79 Å². The molecule has 0 bridgehead atoms. The number of aryl methyl sites for hydroxylation is 1. The lowest BCUT2D eigenvalue weighted by Gasteiger charge is -2.29. The van der Waals surface area contributed by atoms with Gasteiger partial charge in [0.05, 0.1) is 7.11 Å². The van der Waals surface area contributed by atoms with Gasteiger partial charge in [-0.15, -0.1) is 11.3 Å². The number of hydrogen-bond donors (Lipinski definition) is 2. The average molecular weight is 391 g/mol. The van der Waals surface area contributed by atoms with Gasteiger partial charge in [-0.3, -0.25) is 0 Å². The molecule has 0 aliphatic rings. The number of thiophene rings is 1. The normalized spacial score (nSPS) is 12.4. The number of anilines is 1. The van der Waals surface area contributed by atoms with Crippen LogP contribution in [0.15, 0.2) is 30.3 Å². The van der Waals surface area contributed by atoms with Crippen LogP contribution in [0.2, 0.25) is 0 Å². The van der Waals surface area contributed by atoms with Crippen LogP contribution in [-0.2, 0) is 4.74 Å². The third-order valence-electron chi connectivity index (χ3n) is 4.41. The van der Waals surface area contributed by atoms with E-state index in [1.807, 2.05) is 37.3 Å². The predicted molar refractivity (Wildman–Crippen MR) is 114 cm³/mol. The monoisotopic (exact) mass is 390 g/mol. The Balaban J connectivity index is 2.38. The van der Waals surface area contributed by atoms with E-state index in [2.05, 4.69) is 38.3 Å². The molecule has 26 heavy (non-hydrogen) atoms. The minimum Gasteiger partial charge on any atom is -0.465 e. The molecule has 1 aromatic carbocycles. The second-order valence-corrected chi connectivity index (χ2v) is 8.91. The quantitative estimate of drug-likeness (QED) is 0.553. The van der Waals surface area contributed by atoms with E-state index in [0.717, 1.165) is 16.0 Å². The van der Waals surface area contributed by atoms with Crippen LogP contribution < -0.4 is 10.6 Å². The van der Waals surface area contributed by atoms with Crippen molar-refractivity contribution in [3.8, 4) is 11.1 Å². The van der Waals surface area contributed by atoms with Crippen molar-refractivity contribution in [3.05, 3.63) is 40.8 Å². The summed E-state index contributed by atoms with van der Waals surface area (Å²) in [5.74, 6) is -0.373. The predicted octanol–water partition coefficient (Wildman–Crippen LogP) is 5.23. The van der Waals surface area contributed by atoms with Crippen molar-refractivity contribution in [1.82, 2.24) is 5.32 Å². The molecule has 2 aromatic rings. The van der Waals surface area contributed by atoms with Crippen molar-refractivity contribution < 1.29 is 9.53 Å². The van der Waals surface area contributed by atoms with Crippen LogP contribution in [0.25, 0.3) is 11.1 Å². The Hall–Kier alpha value is -1.92. The molecule has 1 aromatic heterocycles. The largest absolute Gasteiger partial charge is 0.465 e. The maximum absolute atomic E-state index is 12.5. The lowest BCUT2D eigenvalue weighted by atomic mass is 9.88. The molecule has 0 aliphatic heterocycles. The van der Waals surface area contributed by atoms with Crippen molar-refractivity contribution in [3.63, 3.8) is 0 Å². The van der Waals surface area contributed by atoms with E-state index in [1.54, 1.807) is 0 Å². The Morgan fingerprint density at radius 3 is 2.38 bits per heavy atom. The Morgan fingerprint density at radius 1 is 1.23 bits per heavy atom. The van der Waals surface area contributed by atoms with E-state index in [0.29, 0.717) is 15.7 Å². The maximum atomic E-state index is 12.5. The minimum absolute atomic E-state index is 0.0669. The molecule has 0 spiro atoms. The van der Waals surface area contributed by atoms with Crippen LogP contribution in [0.4, 0.5) is 5.00 Å². The fraction of sp³-hybridized carbons (Fsp3) is 0.400. The van der Waals surface area contributed by atoms with Gasteiger partial charge in [-0.1, -0.05) is 51.1 Å². The Bertz CT molecular complexity index is 792. The van der Waals surface area contributed by atoms with Gasteiger partial charge in [0.15, 0.2) is 5.11 Å². The molecule has 0 saturated heterocycles. The zero-order valence-electron chi connectivity index (χ0n) is 16.1. The fourth-order valence-corrected chi connectivity index (χ4v) is 3.85.